The van der Waals surface area contributed by atoms with Crippen LogP contribution in [0.1, 0.15) is 96.0 Å². The molecule has 2 N–H and O–H groups in total. The van der Waals surface area contributed by atoms with Crippen molar-refractivity contribution in [2.24, 2.45) is 5.92 Å². The zero-order chi connectivity index (χ0) is 32.3. The molecule has 0 heterocycles. The lowest BCUT2D eigenvalue weighted by molar-refractivity contribution is -0.143. The molecule has 2 aromatic rings. The second-order valence-corrected chi connectivity index (χ2v) is 13.8. The number of carbonyl (C=O) groups excluding carboxylic acids is 3. The Bertz CT molecular complexity index is 1190. The second kappa shape index (κ2) is 16.7. The molecule has 238 valence electrons. The number of hydrogen-bond donors (Lipinski definition) is 2. The molecule has 0 spiro atoms. The number of para-hydroxylation sites is 1. The van der Waals surface area contributed by atoms with E-state index in [9.17, 15) is 14.4 Å². The van der Waals surface area contributed by atoms with E-state index in [2.05, 4.69) is 31.4 Å². The fraction of sp³-hybridized carbons (Fsp3) is 0.571. The van der Waals surface area contributed by atoms with E-state index in [1.54, 1.807) is 37.4 Å². The van der Waals surface area contributed by atoms with Crippen molar-refractivity contribution in [1.82, 2.24) is 10.2 Å². The monoisotopic (exact) mass is 611 g/mol. The van der Waals surface area contributed by atoms with Crippen molar-refractivity contribution >= 4 is 35.4 Å². The van der Waals surface area contributed by atoms with Crippen LogP contribution >= 0.6 is 11.8 Å². The number of nitrogens with one attached hydrogen (secondary N) is 2. The molecule has 0 radical (unpaired) electrons. The molecule has 0 fully saturated rings. The number of hydrogen-bond acceptors (Lipinski definition) is 5. The minimum Gasteiger partial charge on any atom is -0.444 e. The van der Waals surface area contributed by atoms with E-state index >= 15 is 0 Å². The van der Waals surface area contributed by atoms with E-state index in [0.717, 1.165) is 40.8 Å². The van der Waals surface area contributed by atoms with Crippen molar-refractivity contribution in [3.8, 4) is 0 Å². The molecule has 0 aliphatic carbocycles. The van der Waals surface area contributed by atoms with Gasteiger partial charge < -0.3 is 20.3 Å². The molecule has 0 bridgehead atoms. The van der Waals surface area contributed by atoms with Crippen LogP contribution in [0.4, 0.5) is 10.5 Å². The summed E-state index contributed by atoms with van der Waals surface area (Å²) < 4.78 is 5.53. The Hall–Kier alpha value is -3.00. The first kappa shape index (κ1) is 36.2. The highest BCUT2D eigenvalue weighted by Crippen LogP contribution is 2.31. The number of nitrogens with zero attached hydrogens (tertiary/aromatic N) is 1. The number of benzene rings is 2. The van der Waals surface area contributed by atoms with Crippen LogP contribution in [0.5, 0.6) is 0 Å². The first-order valence-corrected chi connectivity index (χ1v) is 16.8. The molecule has 7 nitrogen and oxygen atoms in total. The Balaban J connectivity index is 2.67. The Morgan fingerprint density at radius 3 is 2.05 bits per heavy atom. The Morgan fingerprint density at radius 1 is 0.930 bits per heavy atom. The first-order valence-electron chi connectivity index (χ1n) is 15.4. The third-order valence-corrected chi connectivity index (χ3v) is 8.09. The molecule has 0 saturated carbocycles. The summed E-state index contributed by atoms with van der Waals surface area (Å²) in [6.07, 6.45) is 4.20. The maximum atomic E-state index is 14.6. The summed E-state index contributed by atoms with van der Waals surface area (Å²) in [5, 5.41) is 6.01. The lowest BCUT2D eigenvalue weighted by Gasteiger charge is -2.39. The normalized spacial score (nSPS) is 13.7. The molecule has 2 aromatic carbocycles. The smallest absolute Gasteiger partial charge is 0.408 e. The van der Waals surface area contributed by atoms with Crippen molar-refractivity contribution in [3.63, 3.8) is 0 Å². The summed E-state index contributed by atoms with van der Waals surface area (Å²) in [5.74, 6) is 0.507. The van der Waals surface area contributed by atoms with E-state index in [-0.39, 0.29) is 17.9 Å². The molecule has 2 rings (SSSR count). The average Bonchev–Trinajstić information content (AvgIpc) is 2.93. The lowest BCUT2D eigenvalue weighted by atomic mass is 9.95. The van der Waals surface area contributed by atoms with Gasteiger partial charge in [0, 0.05) is 11.7 Å². The van der Waals surface area contributed by atoms with Crippen molar-refractivity contribution in [2.45, 2.75) is 112 Å². The zero-order valence-corrected chi connectivity index (χ0v) is 28.7. The molecule has 8 heteroatoms. The highest BCUT2D eigenvalue weighted by molar-refractivity contribution is 7.98. The van der Waals surface area contributed by atoms with Crippen LogP contribution in [0.2, 0.25) is 0 Å². The van der Waals surface area contributed by atoms with Gasteiger partial charge in [-0.25, -0.2) is 4.79 Å². The van der Waals surface area contributed by atoms with E-state index in [1.165, 1.54) is 0 Å². The van der Waals surface area contributed by atoms with Crippen LogP contribution in [0.15, 0.2) is 42.5 Å². The van der Waals surface area contributed by atoms with E-state index in [0.29, 0.717) is 24.5 Å². The van der Waals surface area contributed by atoms with Crippen LogP contribution in [0.3, 0.4) is 0 Å². The minimum atomic E-state index is -0.906. The largest absolute Gasteiger partial charge is 0.444 e. The number of ether oxygens (including phenoxy) is 1. The highest BCUT2D eigenvalue weighted by Gasteiger charge is 2.39. The summed E-state index contributed by atoms with van der Waals surface area (Å²) in [7, 11) is 0. The Kier molecular flexibility index (Phi) is 14.1. The number of anilines is 1. The van der Waals surface area contributed by atoms with Gasteiger partial charge in [-0.05, 0) is 107 Å². The summed E-state index contributed by atoms with van der Waals surface area (Å²) in [5.41, 5.74) is 3.80. The molecule has 0 aromatic heterocycles. The molecular weight excluding hydrogens is 558 g/mol. The highest BCUT2D eigenvalue weighted by atomic mass is 32.2. The van der Waals surface area contributed by atoms with E-state index < -0.39 is 23.8 Å². The molecule has 3 amide bonds. The van der Waals surface area contributed by atoms with Crippen LogP contribution in [0.25, 0.3) is 0 Å². The van der Waals surface area contributed by atoms with Gasteiger partial charge in [-0.2, -0.15) is 11.8 Å². The zero-order valence-electron chi connectivity index (χ0n) is 27.9. The number of aryl methyl sites for hydroxylation is 3. The summed E-state index contributed by atoms with van der Waals surface area (Å²) in [6.45, 7) is 17.7. The minimum absolute atomic E-state index is 0.272. The maximum Gasteiger partial charge on any atom is 0.408 e. The fourth-order valence-electron chi connectivity index (χ4n) is 5.01. The molecule has 0 saturated heterocycles. The standard InChI is InChI=1S/C35H53N3O4S/c1-11-27-17-19-28(20-18-27)31(32(39)37-30-24(4)13-12-14-25(30)5)38(26(6)16-15-23(2)3)33(40)29(21-22-43-10)36-34(41)42-35(7,8)9/h12-14,17-20,23,26,29,31H,11,15-16,21-22H2,1-10H3,(H,36,41)(H,37,39). The fourth-order valence-corrected chi connectivity index (χ4v) is 5.48. The van der Waals surface area contributed by atoms with Crippen molar-refractivity contribution in [1.29, 1.82) is 0 Å². The second-order valence-electron chi connectivity index (χ2n) is 12.8. The third-order valence-electron chi connectivity index (χ3n) is 7.45. The lowest BCUT2D eigenvalue weighted by Crippen LogP contribution is -2.55. The molecular formula is C35H53N3O4S. The van der Waals surface area contributed by atoms with Gasteiger partial charge >= 0.3 is 6.09 Å². The Labute approximate surface area is 263 Å². The van der Waals surface area contributed by atoms with Gasteiger partial charge in [0.25, 0.3) is 5.91 Å². The van der Waals surface area contributed by atoms with Crippen molar-refractivity contribution in [3.05, 3.63) is 64.7 Å². The quantitative estimate of drug-likeness (QED) is 0.227. The van der Waals surface area contributed by atoms with Gasteiger partial charge in [-0.15, -0.1) is 0 Å². The molecule has 43 heavy (non-hydrogen) atoms. The van der Waals surface area contributed by atoms with Crippen LogP contribution in [0, 0.1) is 19.8 Å². The number of alkyl carbamates (subject to hydrolysis) is 1. The van der Waals surface area contributed by atoms with Gasteiger partial charge in [0.05, 0.1) is 0 Å². The number of rotatable bonds is 14. The SMILES string of the molecule is CCc1ccc(C(C(=O)Nc2c(C)cccc2C)N(C(=O)C(CCSC)NC(=O)OC(C)(C)C)C(C)CCC(C)C)cc1. The predicted molar refractivity (Wildman–Crippen MR) is 180 cm³/mol. The summed E-state index contributed by atoms with van der Waals surface area (Å²) in [6, 6.07) is 11.8. The van der Waals surface area contributed by atoms with Gasteiger partial charge in [0.1, 0.15) is 17.7 Å². The predicted octanol–water partition coefficient (Wildman–Crippen LogP) is 7.85. The topological polar surface area (TPSA) is 87.7 Å². The molecule has 3 unspecified atom stereocenters. The van der Waals surface area contributed by atoms with Gasteiger partial charge in [0.2, 0.25) is 5.91 Å². The Morgan fingerprint density at radius 2 is 1.53 bits per heavy atom. The summed E-state index contributed by atoms with van der Waals surface area (Å²) >= 11 is 1.60. The summed E-state index contributed by atoms with van der Waals surface area (Å²) in [4.78, 5) is 43.6. The molecule has 0 aliphatic rings. The van der Waals surface area contributed by atoms with Crippen LogP contribution < -0.4 is 10.6 Å². The van der Waals surface area contributed by atoms with Crippen molar-refractivity contribution < 1.29 is 19.1 Å². The third kappa shape index (κ3) is 11.2. The van der Waals surface area contributed by atoms with Crippen LogP contribution in [-0.2, 0) is 20.7 Å². The maximum absolute atomic E-state index is 14.6. The van der Waals surface area contributed by atoms with Crippen molar-refractivity contribution in [2.75, 3.05) is 17.3 Å². The first-order chi connectivity index (χ1) is 20.2. The number of amides is 3. The van der Waals surface area contributed by atoms with E-state index in [4.69, 9.17) is 4.74 Å². The van der Waals surface area contributed by atoms with Gasteiger partial charge in [0.15, 0.2) is 0 Å². The average molecular weight is 612 g/mol. The number of thioether (sulfide) groups is 1. The van der Waals surface area contributed by atoms with E-state index in [1.807, 2.05) is 69.5 Å². The molecule has 3 atom stereocenters. The molecule has 0 aliphatic heterocycles. The van der Waals surface area contributed by atoms with Gasteiger partial charge in [-0.1, -0.05) is 63.2 Å². The van der Waals surface area contributed by atoms with Crippen LogP contribution in [-0.4, -0.2) is 52.5 Å². The number of carbonyl (C=O) groups is 3. The van der Waals surface area contributed by atoms with Gasteiger partial charge in [-0.3, -0.25) is 9.59 Å².